The van der Waals surface area contributed by atoms with Crippen LogP contribution in [-0.2, 0) is 0 Å². The standard InChI is InChI=1S/C20H21N5O2S/c1-13-3-4-15(27-17-11-14(21)5-9-22-17)12-25(13)20(26)18-16(6-10-28-18)19-23-7-2-8-24-19/h2,5-11,13,15H,3-4,12H2,1H3,(H2,21,22). The number of piperidine rings is 1. The number of anilines is 1. The SMILES string of the molecule is CC1CCC(Oc2cc(N)ccn2)CN1C(=O)c1sccc1-c1ncccn1. The van der Waals surface area contributed by atoms with E-state index in [1.54, 1.807) is 36.8 Å². The molecule has 4 rings (SSSR count). The van der Waals surface area contributed by atoms with Crippen LogP contribution in [0.3, 0.4) is 0 Å². The van der Waals surface area contributed by atoms with E-state index in [4.69, 9.17) is 10.5 Å². The summed E-state index contributed by atoms with van der Waals surface area (Å²) in [5.41, 5.74) is 7.17. The first-order valence-corrected chi connectivity index (χ1v) is 10.0. The van der Waals surface area contributed by atoms with E-state index < -0.39 is 0 Å². The summed E-state index contributed by atoms with van der Waals surface area (Å²) in [5, 5.41) is 1.90. The number of likely N-dealkylation sites (tertiary alicyclic amines) is 1. The van der Waals surface area contributed by atoms with Crippen molar-refractivity contribution in [2.45, 2.75) is 31.9 Å². The molecule has 2 atom stereocenters. The van der Waals surface area contributed by atoms with Gasteiger partial charge in [-0.1, -0.05) is 0 Å². The fraction of sp³-hybridized carbons (Fsp3) is 0.300. The molecule has 0 bridgehead atoms. The number of nitrogens with two attached hydrogens (primary N) is 1. The minimum absolute atomic E-state index is 0.0150. The van der Waals surface area contributed by atoms with Crippen LogP contribution in [0.1, 0.15) is 29.4 Å². The second-order valence-electron chi connectivity index (χ2n) is 6.79. The summed E-state index contributed by atoms with van der Waals surface area (Å²) in [6.45, 7) is 2.57. The van der Waals surface area contributed by atoms with Gasteiger partial charge in [0.1, 0.15) is 11.0 Å². The molecule has 0 saturated carbocycles. The number of thiophene rings is 1. The van der Waals surface area contributed by atoms with Crippen LogP contribution in [0.4, 0.5) is 5.69 Å². The third kappa shape index (κ3) is 3.82. The largest absolute Gasteiger partial charge is 0.472 e. The summed E-state index contributed by atoms with van der Waals surface area (Å²) in [6.07, 6.45) is 6.59. The molecule has 28 heavy (non-hydrogen) atoms. The van der Waals surface area contributed by atoms with E-state index in [0.29, 0.717) is 28.8 Å². The lowest BCUT2D eigenvalue weighted by Gasteiger charge is -2.37. The molecule has 8 heteroatoms. The Morgan fingerprint density at radius 2 is 2.04 bits per heavy atom. The first kappa shape index (κ1) is 18.4. The molecule has 0 aromatic carbocycles. The van der Waals surface area contributed by atoms with Crippen LogP contribution in [0.15, 0.2) is 48.2 Å². The Bertz CT molecular complexity index is 962. The molecule has 0 aliphatic carbocycles. The van der Waals surface area contributed by atoms with Crippen molar-refractivity contribution in [3.63, 3.8) is 0 Å². The van der Waals surface area contributed by atoms with Crippen LogP contribution in [-0.4, -0.2) is 44.4 Å². The summed E-state index contributed by atoms with van der Waals surface area (Å²) in [7, 11) is 0. The Labute approximate surface area is 167 Å². The van der Waals surface area contributed by atoms with Gasteiger partial charge in [-0.05, 0) is 43.3 Å². The van der Waals surface area contributed by atoms with Crippen molar-refractivity contribution in [1.82, 2.24) is 19.9 Å². The molecular formula is C20H21N5O2S. The molecule has 144 valence electrons. The van der Waals surface area contributed by atoms with E-state index in [1.165, 1.54) is 11.3 Å². The van der Waals surface area contributed by atoms with Gasteiger partial charge in [0.15, 0.2) is 5.82 Å². The minimum atomic E-state index is -0.120. The molecule has 1 amide bonds. The molecule has 1 aliphatic heterocycles. The first-order chi connectivity index (χ1) is 13.6. The molecule has 4 heterocycles. The second-order valence-corrected chi connectivity index (χ2v) is 7.70. The van der Waals surface area contributed by atoms with Crippen molar-refractivity contribution in [2.75, 3.05) is 12.3 Å². The molecule has 0 radical (unpaired) electrons. The van der Waals surface area contributed by atoms with Gasteiger partial charge >= 0.3 is 0 Å². The van der Waals surface area contributed by atoms with Gasteiger partial charge in [0.2, 0.25) is 5.88 Å². The van der Waals surface area contributed by atoms with Crippen molar-refractivity contribution in [1.29, 1.82) is 0 Å². The molecule has 2 N–H and O–H groups in total. The Hall–Kier alpha value is -3.00. The topological polar surface area (TPSA) is 94.2 Å². The summed E-state index contributed by atoms with van der Waals surface area (Å²) in [4.78, 5) is 28.6. The number of aromatic nitrogens is 3. The van der Waals surface area contributed by atoms with E-state index >= 15 is 0 Å². The van der Waals surface area contributed by atoms with Gasteiger partial charge in [0.05, 0.1) is 6.54 Å². The highest BCUT2D eigenvalue weighted by Gasteiger charge is 2.32. The van der Waals surface area contributed by atoms with Gasteiger partial charge in [-0.15, -0.1) is 11.3 Å². The molecule has 3 aromatic heterocycles. The smallest absolute Gasteiger partial charge is 0.265 e. The summed E-state index contributed by atoms with van der Waals surface area (Å²) in [5.74, 6) is 1.04. The Morgan fingerprint density at radius 1 is 1.21 bits per heavy atom. The summed E-state index contributed by atoms with van der Waals surface area (Å²) in [6, 6.07) is 7.21. The maximum absolute atomic E-state index is 13.3. The second kappa shape index (κ2) is 7.93. The highest BCUT2D eigenvalue weighted by Crippen LogP contribution is 2.30. The van der Waals surface area contributed by atoms with Gasteiger partial charge in [-0.2, -0.15) is 0 Å². The Kier molecular flexibility index (Phi) is 5.21. The number of nitrogens with zero attached hydrogens (tertiary/aromatic N) is 4. The number of hydrogen-bond donors (Lipinski definition) is 1. The van der Waals surface area contributed by atoms with Crippen LogP contribution in [0.5, 0.6) is 5.88 Å². The molecular weight excluding hydrogens is 374 g/mol. The highest BCUT2D eigenvalue weighted by atomic mass is 32.1. The zero-order valence-corrected chi connectivity index (χ0v) is 16.3. The molecule has 1 fully saturated rings. The first-order valence-electron chi connectivity index (χ1n) is 9.16. The lowest BCUT2D eigenvalue weighted by Crippen LogP contribution is -2.49. The van der Waals surface area contributed by atoms with Crippen molar-refractivity contribution < 1.29 is 9.53 Å². The number of hydrogen-bond acceptors (Lipinski definition) is 7. The van der Waals surface area contributed by atoms with E-state index in [-0.39, 0.29) is 18.1 Å². The zero-order chi connectivity index (χ0) is 19.5. The Morgan fingerprint density at radius 3 is 2.82 bits per heavy atom. The number of carbonyl (C=O) groups excluding carboxylic acids is 1. The number of carbonyl (C=O) groups is 1. The molecule has 2 unspecified atom stereocenters. The molecule has 7 nitrogen and oxygen atoms in total. The van der Waals surface area contributed by atoms with Crippen LogP contribution in [0.25, 0.3) is 11.4 Å². The quantitative estimate of drug-likeness (QED) is 0.729. The van der Waals surface area contributed by atoms with Crippen molar-refractivity contribution in [3.05, 3.63) is 53.1 Å². The summed E-state index contributed by atoms with van der Waals surface area (Å²) < 4.78 is 5.99. The van der Waals surface area contributed by atoms with Gasteiger partial charge in [0, 0.05) is 41.9 Å². The monoisotopic (exact) mass is 395 g/mol. The fourth-order valence-corrected chi connectivity index (χ4v) is 4.18. The molecule has 1 aliphatic rings. The van der Waals surface area contributed by atoms with Crippen LogP contribution >= 0.6 is 11.3 Å². The average molecular weight is 395 g/mol. The average Bonchev–Trinajstić information content (AvgIpc) is 3.19. The summed E-state index contributed by atoms with van der Waals surface area (Å²) >= 11 is 1.41. The lowest BCUT2D eigenvalue weighted by atomic mass is 10.0. The number of amides is 1. The van der Waals surface area contributed by atoms with E-state index in [1.807, 2.05) is 16.3 Å². The number of nitrogen functional groups attached to an aromatic ring is 1. The molecule has 3 aromatic rings. The van der Waals surface area contributed by atoms with Gasteiger partial charge in [0.25, 0.3) is 5.91 Å². The van der Waals surface area contributed by atoms with E-state index in [2.05, 4.69) is 21.9 Å². The highest BCUT2D eigenvalue weighted by molar-refractivity contribution is 7.12. The van der Waals surface area contributed by atoms with Crippen LogP contribution in [0.2, 0.25) is 0 Å². The normalized spacial score (nSPS) is 19.4. The molecule has 1 saturated heterocycles. The van der Waals surface area contributed by atoms with Gasteiger partial charge in [-0.3, -0.25) is 4.79 Å². The van der Waals surface area contributed by atoms with E-state index in [0.717, 1.165) is 18.4 Å². The van der Waals surface area contributed by atoms with Crippen LogP contribution in [0, 0.1) is 0 Å². The third-order valence-corrected chi connectivity index (χ3v) is 5.71. The predicted octanol–water partition coefficient (Wildman–Crippen LogP) is 3.25. The minimum Gasteiger partial charge on any atom is -0.472 e. The van der Waals surface area contributed by atoms with Crippen LogP contribution < -0.4 is 10.5 Å². The number of rotatable bonds is 4. The van der Waals surface area contributed by atoms with Crippen molar-refractivity contribution >= 4 is 22.9 Å². The van der Waals surface area contributed by atoms with Gasteiger partial charge in [-0.25, -0.2) is 15.0 Å². The van der Waals surface area contributed by atoms with E-state index in [9.17, 15) is 4.79 Å². The number of pyridine rings is 1. The fourth-order valence-electron chi connectivity index (χ4n) is 3.33. The maximum atomic E-state index is 13.3. The van der Waals surface area contributed by atoms with Crippen molar-refractivity contribution in [3.8, 4) is 17.3 Å². The zero-order valence-electron chi connectivity index (χ0n) is 15.5. The maximum Gasteiger partial charge on any atom is 0.265 e. The predicted molar refractivity (Wildman–Crippen MR) is 108 cm³/mol. The number of ether oxygens (including phenoxy) is 1. The van der Waals surface area contributed by atoms with Crippen molar-refractivity contribution in [2.24, 2.45) is 0 Å². The lowest BCUT2D eigenvalue weighted by molar-refractivity contribution is 0.0377. The Balaban J connectivity index is 1.53. The third-order valence-electron chi connectivity index (χ3n) is 4.81. The van der Waals surface area contributed by atoms with Gasteiger partial charge < -0.3 is 15.4 Å². The molecule has 0 spiro atoms.